The van der Waals surface area contributed by atoms with Gasteiger partial charge in [0.15, 0.2) is 12.4 Å². The summed E-state index contributed by atoms with van der Waals surface area (Å²) in [5.74, 6) is -0.195. The molecule has 0 spiro atoms. The standard InChI is InChI=1S/C17H13Cl3O4S/c1-23-11-4-2-10(3-5-11)13(21)8-24-15(22)9-25-14-7-6-12(18)16(19)17(14)20/h2-7H,8-9H2,1H3. The second kappa shape index (κ2) is 9.34. The summed E-state index contributed by atoms with van der Waals surface area (Å²) in [6.45, 7) is -0.333. The van der Waals surface area contributed by atoms with Crippen molar-refractivity contribution < 1.29 is 19.1 Å². The highest BCUT2D eigenvalue weighted by Crippen LogP contribution is 2.37. The van der Waals surface area contributed by atoms with Crippen LogP contribution in [0.5, 0.6) is 5.75 Å². The number of ketones is 1. The number of hydrogen-bond donors (Lipinski definition) is 0. The summed E-state index contributed by atoms with van der Waals surface area (Å²) in [6.07, 6.45) is 0. The van der Waals surface area contributed by atoms with Crippen LogP contribution in [0.3, 0.4) is 0 Å². The van der Waals surface area contributed by atoms with Crippen molar-refractivity contribution in [2.24, 2.45) is 0 Å². The van der Waals surface area contributed by atoms with Gasteiger partial charge in [-0.05, 0) is 36.4 Å². The number of ether oxygens (including phenoxy) is 2. The number of methoxy groups -OCH3 is 1. The Labute approximate surface area is 164 Å². The normalized spacial score (nSPS) is 10.4. The highest BCUT2D eigenvalue weighted by Gasteiger charge is 2.13. The summed E-state index contributed by atoms with van der Waals surface area (Å²) < 4.78 is 10.0. The van der Waals surface area contributed by atoms with Crippen LogP contribution in [-0.4, -0.2) is 31.2 Å². The minimum Gasteiger partial charge on any atom is -0.497 e. The van der Waals surface area contributed by atoms with Crippen molar-refractivity contribution in [2.75, 3.05) is 19.5 Å². The van der Waals surface area contributed by atoms with Gasteiger partial charge in [0.05, 0.1) is 27.9 Å². The van der Waals surface area contributed by atoms with Crippen LogP contribution in [0.25, 0.3) is 0 Å². The van der Waals surface area contributed by atoms with Gasteiger partial charge >= 0.3 is 5.97 Å². The molecule has 0 N–H and O–H groups in total. The van der Waals surface area contributed by atoms with E-state index in [4.69, 9.17) is 44.3 Å². The Balaban J connectivity index is 1.84. The molecule has 0 bridgehead atoms. The van der Waals surface area contributed by atoms with Gasteiger partial charge in [0, 0.05) is 10.5 Å². The maximum Gasteiger partial charge on any atom is 0.316 e. The predicted molar refractivity (Wildman–Crippen MR) is 100 cm³/mol. The average molecular weight is 420 g/mol. The Morgan fingerprint density at radius 3 is 2.32 bits per heavy atom. The predicted octanol–water partition coefficient (Wildman–Crippen LogP) is 5.17. The van der Waals surface area contributed by atoms with Crippen molar-refractivity contribution in [3.05, 3.63) is 57.0 Å². The molecule has 0 saturated carbocycles. The Morgan fingerprint density at radius 1 is 1.00 bits per heavy atom. The van der Waals surface area contributed by atoms with Crippen LogP contribution in [0.4, 0.5) is 0 Å². The zero-order valence-electron chi connectivity index (χ0n) is 13.1. The quantitative estimate of drug-likeness (QED) is 0.268. The first-order chi connectivity index (χ1) is 11.9. The smallest absolute Gasteiger partial charge is 0.316 e. The third-order valence-electron chi connectivity index (χ3n) is 3.12. The van der Waals surface area contributed by atoms with Crippen LogP contribution >= 0.6 is 46.6 Å². The molecule has 0 radical (unpaired) electrons. The first kappa shape index (κ1) is 19.9. The molecule has 0 saturated heterocycles. The molecule has 0 heterocycles. The number of hydrogen-bond acceptors (Lipinski definition) is 5. The van der Waals surface area contributed by atoms with Gasteiger partial charge in [-0.1, -0.05) is 34.8 Å². The fraction of sp³-hybridized carbons (Fsp3) is 0.176. The largest absolute Gasteiger partial charge is 0.497 e. The Hall–Kier alpha value is -1.40. The van der Waals surface area contributed by atoms with Gasteiger partial charge in [0.1, 0.15) is 5.75 Å². The van der Waals surface area contributed by atoms with E-state index in [1.807, 2.05) is 0 Å². The van der Waals surface area contributed by atoms with Crippen LogP contribution in [0.15, 0.2) is 41.3 Å². The van der Waals surface area contributed by atoms with Gasteiger partial charge in [-0.3, -0.25) is 9.59 Å². The van der Waals surface area contributed by atoms with E-state index < -0.39 is 5.97 Å². The number of Topliss-reactive ketones (excluding diaryl/α,β-unsaturated/α-hetero) is 1. The minimum absolute atomic E-state index is 0.00638. The summed E-state index contributed by atoms with van der Waals surface area (Å²) in [6, 6.07) is 9.81. The maximum absolute atomic E-state index is 12.0. The van der Waals surface area contributed by atoms with E-state index >= 15 is 0 Å². The highest BCUT2D eigenvalue weighted by molar-refractivity contribution is 8.00. The molecule has 8 heteroatoms. The number of thioether (sulfide) groups is 1. The van der Waals surface area contributed by atoms with Crippen LogP contribution in [-0.2, 0) is 9.53 Å². The third-order valence-corrected chi connectivity index (χ3v) is 5.56. The van der Waals surface area contributed by atoms with Crippen LogP contribution in [0.2, 0.25) is 15.1 Å². The zero-order valence-corrected chi connectivity index (χ0v) is 16.1. The summed E-state index contributed by atoms with van der Waals surface area (Å²) in [5.41, 5.74) is 0.439. The summed E-state index contributed by atoms with van der Waals surface area (Å²) in [7, 11) is 1.54. The number of carbonyl (C=O) groups is 2. The molecule has 25 heavy (non-hydrogen) atoms. The molecule has 2 aromatic rings. The molecule has 0 aliphatic carbocycles. The first-order valence-corrected chi connectivity index (χ1v) is 9.13. The van der Waals surface area contributed by atoms with Gasteiger partial charge in [-0.2, -0.15) is 0 Å². The van der Waals surface area contributed by atoms with Crippen molar-refractivity contribution in [3.63, 3.8) is 0 Å². The lowest BCUT2D eigenvalue weighted by atomic mass is 10.1. The summed E-state index contributed by atoms with van der Waals surface area (Å²) in [4.78, 5) is 24.4. The van der Waals surface area contributed by atoms with Crippen LogP contribution in [0, 0.1) is 0 Å². The van der Waals surface area contributed by atoms with Crippen LogP contribution in [0.1, 0.15) is 10.4 Å². The molecule has 0 aromatic heterocycles. The Bertz CT molecular complexity index is 778. The monoisotopic (exact) mass is 418 g/mol. The Kier molecular flexibility index (Phi) is 7.44. The molecule has 2 aromatic carbocycles. The molecular formula is C17H13Cl3O4S. The molecule has 132 valence electrons. The van der Waals surface area contributed by atoms with E-state index in [9.17, 15) is 9.59 Å². The van der Waals surface area contributed by atoms with E-state index in [2.05, 4.69) is 0 Å². The second-order valence-corrected chi connectivity index (χ2v) is 6.95. The first-order valence-electron chi connectivity index (χ1n) is 7.01. The lowest BCUT2D eigenvalue weighted by molar-refractivity contribution is -0.139. The molecule has 4 nitrogen and oxygen atoms in total. The number of esters is 1. The highest BCUT2D eigenvalue weighted by atomic mass is 35.5. The van der Waals surface area contributed by atoms with Gasteiger partial charge in [0.25, 0.3) is 0 Å². The zero-order chi connectivity index (χ0) is 18.4. The van der Waals surface area contributed by atoms with E-state index in [0.717, 1.165) is 11.8 Å². The fourth-order valence-corrected chi connectivity index (χ4v) is 3.31. The molecular weight excluding hydrogens is 407 g/mol. The summed E-state index contributed by atoms with van der Waals surface area (Å²) in [5, 5.41) is 0.848. The molecule has 0 amide bonds. The molecule has 0 unspecified atom stereocenters. The van der Waals surface area contributed by atoms with Crippen molar-refractivity contribution in [1.29, 1.82) is 0 Å². The van der Waals surface area contributed by atoms with Crippen molar-refractivity contribution in [3.8, 4) is 5.75 Å². The van der Waals surface area contributed by atoms with Gasteiger partial charge < -0.3 is 9.47 Å². The average Bonchev–Trinajstić information content (AvgIpc) is 2.63. The van der Waals surface area contributed by atoms with Gasteiger partial charge in [-0.25, -0.2) is 0 Å². The van der Waals surface area contributed by atoms with E-state index in [-0.39, 0.29) is 28.2 Å². The van der Waals surface area contributed by atoms with E-state index in [1.54, 1.807) is 36.4 Å². The SMILES string of the molecule is COc1ccc(C(=O)COC(=O)CSc2ccc(Cl)c(Cl)c2Cl)cc1. The Morgan fingerprint density at radius 2 is 1.68 bits per heavy atom. The molecule has 2 rings (SSSR count). The van der Waals surface area contributed by atoms with E-state index in [1.165, 1.54) is 7.11 Å². The minimum atomic E-state index is -0.533. The number of halogens is 3. The van der Waals surface area contributed by atoms with Crippen LogP contribution < -0.4 is 4.74 Å². The molecule has 0 fully saturated rings. The topological polar surface area (TPSA) is 52.6 Å². The van der Waals surface area contributed by atoms with Gasteiger partial charge in [-0.15, -0.1) is 11.8 Å². The molecule has 0 atom stereocenters. The maximum atomic E-state index is 12.0. The lowest BCUT2D eigenvalue weighted by Crippen LogP contribution is -2.15. The second-order valence-electron chi connectivity index (χ2n) is 4.77. The van der Waals surface area contributed by atoms with Gasteiger partial charge in [0.2, 0.25) is 0 Å². The van der Waals surface area contributed by atoms with E-state index in [0.29, 0.717) is 21.2 Å². The van der Waals surface area contributed by atoms with Crippen molar-refractivity contribution in [2.45, 2.75) is 4.90 Å². The number of benzene rings is 2. The van der Waals surface area contributed by atoms with Crippen molar-refractivity contribution >= 4 is 58.3 Å². The van der Waals surface area contributed by atoms with Crippen molar-refractivity contribution in [1.82, 2.24) is 0 Å². The summed E-state index contributed by atoms with van der Waals surface area (Å²) >= 11 is 19.0. The number of rotatable bonds is 7. The lowest BCUT2D eigenvalue weighted by Gasteiger charge is -2.07. The number of carbonyl (C=O) groups excluding carboxylic acids is 2. The molecule has 0 aliphatic rings. The third kappa shape index (κ3) is 5.54. The molecule has 0 aliphatic heterocycles. The fourth-order valence-electron chi connectivity index (χ4n) is 1.80.